The fourth-order valence-corrected chi connectivity index (χ4v) is 6.14. The number of aromatic nitrogens is 1. The second-order valence-electron chi connectivity index (χ2n) is 9.45. The van der Waals surface area contributed by atoms with E-state index in [4.69, 9.17) is 4.74 Å². The molecule has 1 spiro atoms. The summed E-state index contributed by atoms with van der Waals surface area (Å²) in [4.78, 5) is 80.0. The third-order valence-electron chi connectivity index (χ3n) is 7.85. The molecule has 0 radical (unpaired) electrons. The first-order valence-corrected chi connectivity index (χ1v) is 11.4. The van der Waals surface area contributed by atoms with Gasteiger partial charge in [0.25, 0.3) is 5.56 Å². The molecule has 2 aromatic carbocycles. The third-order valence-corrected chi connectivity index (χ3v) is 7.85. The summed E-state index contributed by atoms with van der Waals surface area (Å²) < 4.78 is 4.89. The van der Waals surface area contributed by atoms with Crippen LogP contribution in [0, 0.1) is 0 Å². The number of phenolic OH excluding ortho intramolecular Hbond substituents is 3. The molecule has 0 fully saturated rings. The second-order valence-corrected chi connectivity index (χ2v) is 9.45. The molecule has 6 rings (SSSR count). The predicted molar refractivity (Wildman–Crippen MR) is 132 cm³/mol. The lowest BCUT2D eigenvalue weighted by atomic mass is 9.74. The van der Waals surface area contributed by atoms with E-state index in [1.54, 1.807) is 7.85 Å². The highest BCUT2D eigenvalue weighted by molar-refractivity contribution is 6.43. The van der Waals surface area contributed by atoms with Gasteiger partial charge in [-0.15, -0.1) is 0 Å². The van der Waals surface area contributed by atoms with Gasteiger partial charge in [-0.3, -0.25) is 28.8 Å². The Morgan fingerprint density at radius 3 is 2.21 bits per heavy atom. The number of benzene rings is 2. The zero-order valence-electron chi connectivity index (χ0n) is 19.8. The van der Waals surface area contributed by atoms with Gasteiger partial charge in [0, 0.05) is 11.6 Å². The van der Waals surface area contributed by atoms with Gasteiger partial charge in [-0.1, -0.05) is 5.46 Å². The normalized spacial score (nSPS) is 19.6. The molecule has 3 aliphatic carbocycles. The molecule has 1 aromatic heterocycles. The molecule has 11 nitrogen and oxygen atoms in total. The van der Waals surface area contributed by atoms with Crippen molar-refractivity contribution < 1.29 is 44.0 Å². The molecular formula is C26H16BNO10. The molecular weight excluding hydrogens is 497 g/mol. The second kappa shape index (κ2) is 7.28. The Morgan fingerprint density at radius 2 is 1.61 bits per heavy atom. The van der Waals surface area contributed by atoms with E-state index in [0.717, 1.165) is 13.2 Å². The molecule has 38 heavy (non-hydrogen) atoms. The summed E-state index contributed by atoms with van der Waals surface area (Å²) in [6, 6.07) is 1.38. The lowest BCUT2D eigenvalue weighted by molar-refractivity contribution is 0.0790. The van der Waals surface area contributed by atoms with Gasteiger partial charge in [0.2, 0.25) is 5.78 Å². The lowest BCUT2D eigenvalue weighted by Crippen LogP contribution is -2.36. The first-order valence-electron chi connectivity index (χ1n) is 11.4. The van der Waals surface area contributed by atoms with Gasteiger partial charge < -0.3 is 25.0 Å². The number of H-pyrrole nitrogens is 1. The molecule has 0 amide bonds. The van der Waals surface area contributed by atoms with Crippen molar-refractivity contribution in [3.05, 3.63) is 67.3 Å². The van der Waals surface area contributed by atoms with Crippen LogP contribution in [0.5, 0.6) is 17.2 Å². The number of hydrogen-bond donors (Lipinski definition) is 4. The minimum Gasteiger partial charge on any atom is -0.507 e. The maximum atomic E-state index is 14.0. The molecule has 3 aromatic rings. The van der Waals surface area contributed by atoms with Crippen molar-refractivity contribution in [1.29, 1.82) is 0 Å². The Morgan fingerprint density at radius 1 is 0.974 bits per heavy atom. The van der Waals surface area contributed by atoms with Crippen molar-refractivity contribution in [3.63, 3.8) is 0 Å². The summed E-state index contributed by atoms with van der Waals surface area (Å²) in [6.07, 6.45) is 1.17. The number of aromatic amines is 1. The van der Waals surface area contributed by atoms with Crippen LogP contribution in [-0.4, -0.2) is 64.7 Å². The Labute approximate surface area is 212 Å². The first kappa shape index (κ1) is 23.4. The van der Waals surface area contributed by atoms with E-state index in [1.807, 2.05) is 0 Å². The van der Waals surface area contributed by atoms with Crippen LogP contribution < -0.4 is 11.0 Å². The maximum absolute atomic E-state index is 14.0. The summed E-state index contributed by atoms with van der Waals surface area (Å²) >= 11 is 0. The highest BCUT2D eigenvalue weighted by atomic mass is 16.5. The quantitative estimate of drug-likeness (QED) is 0.156. The number of hydrogen-bond acceptors (Lipinski definition) is 10. The highest BCUT2D eigenvalue weighted by Gasteiger charge is 2.61. The molecule has 1 heterocycles. The Kier molecular flexibility index (Phi) is 4.48. The maximum Gasteiger partial charge on any atom is 0.260 e. The number of aromatic hydroxyl groups is 3. The topological polar surface area (TPSA) is 188 Å². The Hall–Kier alpha value is -5.00. The van der Waals surface area contributed by atoms with Gasteiger partial charge in [-0.05, 0) is 29.9 Å². The monoisotopic (exact) mass is 513 g/mol. The van der Waals surface area contributed by atoms with Crippen molar-refractivity contribution in [2.45, 2.75) is 18.3 Å². The fourth-order valence-electron chi connectivity index (χ4n) is 6.14. The number of Topliss-reactive ketones (excluding diaryl/α,β-unsaturated/α-hetero) is 3. The summed E-state index contributed by atoms with van der Waals surface area (Å²) in [5.41, 5.74) is -4.87. The number of allylic oxidation sites excluding steroid dienone is 2. The van der Waals surface area contributed by atoms with Crippen molar-refractivity contribution in [2.24, 2.45) is 0 Å². The number of phenols is 3. The molecule has 4 N–H and O–H groups in total. The molecule has 1 unspecified atom stereocenters. The standard InChI is InChI=1S/C26H16BNO10/c1-38-11-5-10(30)13-14(19(11)31)21(33)16-15(20(13)32)23(35)26(24(16)36)3-2-8-17(26)22(34)12-9(18(8)27)4-7(6-29)28-25(12)37/h4-6,32-34H,2-3,27H2,1H3,(H,28,37). The van der Waals surface area contributed by atoms with E-state index < -0.39 is 79.4 Å². The largest absolute Gasteiger partial charge is 0.507 e. The number of ether oxygens (including phenoxy) is 1. The van der Waals surface area contributed by atoms with Crippen LogP contribution in [-0.2, 0) is 16.6 Å². The Bertz CT molecular complexity index is 1860. The first-order chi connectivity index (χ1) is 18.0. The lowest BCUT2D eigenvalue weighted by Gasteiger charge is -2.23. The van der Waals surface area contributed by atoms with Crippen LogP contribution >= 0.6 is 0 Å². The number of rotatable bonds is 2. The number of ketones is 4. The predicted octanol–water partition coefficient (Wildman–Crippen LogP) is -0.112. The van der Waals surface area contributed by atoms with Crippen LogP contribution in [0.2, 0.25) is 0 Å². The van der Waals surface area contributed by atoms with Gasteiger partial charge >= 0.3 is 0 Å². The van der Waals surface area contributed by atoms with Crippen LogP contribution in [0.3, 0.4) is 0 Å². The van der Waals surface area contributed by atoms with Gasteiger partial charge in [0.05, 0.1) is 40.4 Å². The smallest absolute Gasteiger partial charge is 0.260 e. The van der Waals surface area contributed by atoms with E-state index in [-0.39, 0.29) is 34.9 Å². The molecule has 12 heteroatoms. The van der Waals surface area contributed by atoms with E-state index in [1.165, 1.54) is 6.07 Å². The number of nitrogens with one attached hydrogen (secondary N) is 1. The molecule has 0 aliphatic heterocycles. The Balaban J connectivity index is 1.68. The van der Waals surface area contributed by atoms with E-state index >= 15 is 0 Å². The van der Waals surface area contributed by atoms with Crippen molar-refractivity contribution >= 4 is 53.5 Å². The van der Waals surface area contributed by atoms with Gasteiger partial charge in [0.15, 0.2) is 29.4 Å². The molecule has 0 saturated heterocycles. The van der Waals surface area contributed by atoms with Crippen molar-refractivity contribution in [2.75, 3.05) is 7.11 Å². The summed E-state index contributed by atoms with van der Waals surface area (Å²) in [5.74, 6) is -6.82. The molecule has 1 atom stereocenters. The number of aldehydes is 1. The zero-order valence-corrected chi connectivity index (χ0v) is 19.8. The number of carbonyl (C=O) groups is 5. The number of methoxy groups -OCH3 is 1. The molecule has 3 aliphatic rings. The minimum absolute atomic E-state index is 0.0307. The van der Waals surface area contributed by atoms with Gasteiger partial charge in [0.1, 0.15) is 30.5 Å². The van der Waals surface area contributed by atoms with Crippen molar-refractivity contribution in [1.82, 2.24) is 4.98 Å². The average Bonchev–Trinajstić information content (AvgIpc) is 3.40. The van der Waals surface area contributed by atoms with Crippen LogP contribution in [0.25, 0.3) is 10.8 Å². The minimum atomic E-state index is -2.13. The van der Waals surface area contributed by atoms with Gasteiger partial charge in [-0.25, -0.2) is 0 Å². The SMILES string of the molecule is Bc1c2c(c(O)c3c(=O)[nH]c(C=O)cc13)C1(CC2)C(=O)c2c(O)c3c(c(O)c2C1=O)C(=O)C(OC)=CC3=O. The van der Waals surface area contributed by atoms with E-state index in [9.17, 15) is 44.1 Å². The number of fused-ring (bicyclic) bond motifs is 5. The summed E-state index contributed by atoms with van der Waals surface area (Å²) in [6.45, 7) is 0. The van der Waals surface area contributed by atoms with Crippen LogP contribution in [0.4, 0.5) is 0 Å². The number of pyridine rings is 1. The molecule has 0 bridgehead atoms. The number of carbonyl (C=O) groups excluding carboxylic acids is 5. The van der Waals surface area contributed by atoms with E-state index in [0.29, 0.717) is 17.3 Å². The van der Waals surface area contributed by atoms with E-state index in [2.05, 4.69) is 4.98 Å². The molecule has 0 saturated carbocycles. The van der Waals surface area contributed by atoms with Crippen molar-refractivity contribution in [3.8, 4) is 17.2 Å². The fraction of sp³-hybridized carbons (Fsp3) is 0.154. The van der Waals surface area contributed by atoms with Gasteiger partial charge in [-0.2, -0.15) is 0 Å². The summed E-state index contributed by atoms with van der Waals surface area (Å²) in [5, 5.41) is 33.4. The van der Waals surface area contributed by atoms with Crippen LogP contribution in [0.15, 0.2) is 22.7 Å². The zero-order chi connectivity index (χ0) is 27.4. The average molecular weight is 513 g/mol. The molecule has 188 valence electrons. The summed E-state index contributed by atoms with van der Waals surface area (Å²) in [7, 11) is 2.74. The third kappa shape index (κ3) is 2.44. The van der Waals surface area contributed by atoms with Crippen LogP contribution in [0.1, 0.15) is 69.5 Å². The highest BCUT2D eigenvalue weighted by Crippen LogP contribution is 2.56.